The summed E-state index contributed by atoms with van der Waals surface area (Å²) in [6, 6.07) is 9.57. The molecule has 9 heteroatoms. The lowest BCUT2D eigenvalue weighted by Gasteiger charge is -2.12. The number of aliphatic hydroxyl groups excluding tert-OH is 1. The molecule has 2 heterocycles. The lowest BCUT2D eigenvalue weighted by Crippen LogP contribution is -2.38. The predicted molar refractivity (Wildman–Crippen MR) is 114 cm³/mol. The molecule has 0 saturated heterocycles. The number of rotatable bonds is 8. The second kappa shape index (κ2) is 10.4. The predicted octanol–water partition coefficient (Wildman–Crippen LogP) is 4.03. The van der Waals surface area contributed by atoms with Crippen molar-refractivity contribution in [3.05, 3.63) is 63.4 Å². The SMILES string of the molecule is CCNC(=NCC(O)c1ccc(Cl)s1)NCCc1coc(-c2ccc(F)cc2)n1. The third-order valence-electron chi connectivity index (χ3n) is 4.01. The number of thiophene rings is 1. The number of oxazole rings is 1. The van der Waals surface area contributed by atoms with Crippen molar-refractivity contribution in [1.29, 1.82) is 0 Å². The lowest BCUT2D eigenvalue weighted by molar-refractivity contribution is 0.191. The normalized spacial score (nSPS) is 12.8. The fourth-order valence-corrected chi connectivity index (χ4v) is 3.61. The van der Waals surface area contributed by atoms with E-state index < -0.39 is 6.10 Å². The van der Waals surface area contributed by atoms with Crippen molar-refractivity contribution in [1.82, 2.24) is 15.6 Å². The van der Waals surface area contributed by atoms with Crippen LogP contribution in [0, 0.1) is 5.82 Å². The van der Waals surface area contributed by atoms with E-state index in [1.807, 2.05) is 6.92 Å². The van der Waals surface area contributed by atoms with Crippen LogP contribution in [0.4, 0.5) is 4.39 Å². The molecule has 1 unspecified atom stereocenters. The Morgan fingerprint density at radius 2 is 2.07 bits per heavy atom. The molecule has 0 amide bonds. The van der Waals surface area contributed by atoms with E-state index in [1.54, 1.807) is 30.5 Å². The molecule has 3 rings (SSSR count). The van der Waals surface area contributed by atoms with Crippen molar-refractivity contribution in [2.45, 2.75) is 19.4 Å². The lowest BCUT2D eigenvalue weighted by atomic mass is 10.2. The van der Waals surface area contributed by atoms with Crippen LogP contribution in [0.2, 0.25) is 4.34 Å². The molecule has 0 radical (unpaired) electrons. The van der Waals surface area contributed by atoms with Crippen molar-refractivity contribution in [2.24, 2.45) is 4.99 Å². The summed E-state index contributed by atoms with van der Waals surface area (Å²) in [5.41, 5.74) is 1.50. The summed E-state index contributed by atoms with van der Waals surface area (Å²) >= 11 is 7.25. The van der Waals surface area contributed by atoms with Crippen LogP contribution in [-0.4, -0.2) is 35.7 Å². The fraction of sp³-hybridized carbons (Fsp3) is 0.300. The number of benzene rings is 1. The highest BCUT2D eigenvalue weighted by atomic mass is 35.5. The van der Waals surface area contributed by atoms with E-state index in [0.717, 1.165) is 16.1 Å². The van der Waals surface area contributed by atoms with Gasteiger partial charge in [0, 0.05) is 30.0 Å². The van der Waals surface area contributed by atoms with Crippen LogP contribution in [-0.2, 0) is 6.42 Å². The minimum atomic E-state index is -0.697. The van der Waals surface area contributed by atoms with E-state index in [9.17, 15) is 9.50 Å². The van der Waals surface area contributed by atoms with Gasteiger partial charge in [0.2, 0.25) is 5.89 Å². The fourth-order valence-electron chi connectivity index (χ4n) is 2.57. The van der Waals surface area contributed by atoms with Gasteiger partial charge < -0.3 is 20.2 Å². The number of nitrogens with zero attached hydrogens (tertiary/aromatic N) is 2. The summed E-state index contributed by atoms with van der Waals surface area (Å²) in [7, 11) is 0. The molecule has 0 aliphatic carbocycles. The third-order valence-corrected chi connectivity index (χ3v) is 5.34. The van der Waals surface area contributed by atoms with Gasteiger partial charge in [0.05, 0.1) is 16.6 Å². The van der Waals surface area contributed by atoms with E-state index in [-0.39, 0.29) is 12.4 Å². The molecular weight excluding hydrogens is 415 g/mol. The molecule has 0 fully saturated rings. The van der Waals surface area contributed by atoms with Crippen LogP contribution in [0.5, 0.6) is 0 Å². The van der Waals surface area contributed by atoms with Crippen molar-refractivity contribution >= 4 is 28.9 Å². The molecule has 2 aromatic heterocycles. The van der Waals surface area contributed by atoms with Crippen molar-refractivity contribution < 1.29 is 13.9 Å². The van der Waals surface area contributed by atoms with Crippen molar-refractivity contribution in [2.75, 3.05) is 19.6 Å². The molecule has 6 nitrogen and oxygen atoms in total. The zero-order chi connectivity index (χ0) is 20.6. The second-order valence-corrected chi connectivity index (χ2v) is 7.95. The molecule has 1 atom stereocenters. The first-order valence-corrected chi connectivity index (χ1v) is 10.4. The van der Waals surface area contributed by atoms with E-state index in [4.69, 9.17) is 16.0 Å². The highest BCUT2D eigenvalue weighted by Gasteiger charge is 2.11. The van der Waals surface area contributed by atoms with Gasteiger partial charge in [-0.1, -0.05) is 11.6 Å². The molecule has 3 N–H and O–H groups in total. The molecule has 154 valence electrons. The Bertz CT molecular complexity index is 942. The number of hydrogen-bond acceptors (Lipinski definition) is 5. The van der Waals surface area contributed by atoms with Gasteiger partial charge in [-0.15, -0.1) is 11.3 Å². The summed E-state index contributed by atoms with van der Waals surface area (Å²) in [5.74, 6) is 0.766. The largest absolute Gasteiger partial charge is 0.444 e. The molecule has 3 aromatic rings. The first-order valence-electron chi connectivity index (χ1n) is 9.21. The number of halogens is 2. The van der Waals surface area contributed by atoms with Gasteiger partial charge in [0.1, 0.15) is 18.2 Å². The zero-order valence-electron chi connectivity index (χ0n) is 15.9. The maximum atomic E-state index is 13.0. The molecule has 0 spiro atoms. The molecule has 1 aromatic carbocycles. The Morgan fingerprint density at radius 3 is 2.76 bits per heavy atom. The van der Waals surface area contributed by atoms with E-state index >= 15 is 0 Å². The maximum Gasteiger partial charge on any atom is 0.226 e. The van der Waals surface area contributed by atoms with Gasteiger partial charge in [-0.05, 0) is 43.3 Å². The number of hydrogen-bond donors (Lipinski definition) is 3. The van der Waals surface area contributed by atoms with Crippen LogP contribution in [0.3, 0.4) is 0 Å². The Morgan fingerprint density at radius 1 is 1.28 bits per heavy atom. The Kier molecular flexibility index (Phi) is 7.62. The van der Waals surface area contributed by atoms with Crippen LogP contribution >= 0.6 is 22.9 Å². The summed E-state index contributed by atoms with van der Waals surface area (Å²) in [6.07, 6.45) is 1.52. The van der Waals surface area contributed by atoms with Crippen LogP contribution < -0.4 is 10.6 Å². The quantitative estimate of drug-likeness (QED) is 0.367. The minimum absolute atomic E-state index is 0.227. The topological polar surface area (TPSA) is 82.7 Å². The average Bonchev–Trinajstić information content (AvgIpc) is 3.36. The second-order valence-electron chi connectivity index (χ2n) is 6.20. The smallest absolute Gasteiger partial charge is 0.226 e. The average molecular weight is 437 g/mol. The molecule has 0 aliphatic rings. The number of aliphatic imine (C=N–C) groups is 1. The Balaban J connectivity index is 1.52. The maximum absolute atomic E-state index is 13.0. The monoisotopic (exact) mass is 436 g/mol. The standard InChI is InChI=1S/C20H22ClFN4O2S/c1-2-23-20(25-11-16(27)17-7-8-18(21)29-17)24-10-9-15-12-28-19(26-15)13-3-5-14(22)6-4-13/h3-8,12,16,27H,2,9-11H2,1H3,(H2,23,24,25). The van der Waals surface area contributed by atoms with Crippen LogP contribution in [0.15, 0.2) is 52.1 Å². The molecule has 29 heavy (non-hydrogen) atoms. The third kappa shape index (κ3) is 6.28. The van der Waals surface area contributed by atoms with Crippen LogP contribution in [0.1, 0.15) is 23.6 Å². The van der Waals surface area contributed by atoms with Gasteiger partial charge in [-0.3, -0.25) is 4.99 Å². The molecule has 0 saturated carbocycles. The van der Waals surface area contributed by atoms with E-state index in [1.165, 1.54) is 23.5 Å². The molecule has 0 aliphatic heterocycles. The van der Waals surface area contributed by atoms with Gasteiger partial charge in [0.25, 0.3) is 0 Å². The summed E-state index contributed by atoms with van der Waals surface area (Å²) in [4.78, 5) is 9.63. The first-order chi connectivity index (χ1) is 14.0. The number of aliphatic hydroxyl groups is 1. The van der Waals surface area contributed by atoms with Gasteiger partial charge in [-0.25, -0.2) is 9.37 Å². The highest BCUT2D eigenvalue weighted by molar-refractivity contribution is 7.16. The Hall–Kier alpha value is -2.42. The summed E-state index contributed by atoms with van der Waals surface area (Å²) < 4.78 is 19.1. The molecule has 0 bridgehead atoms. The number of guanidine groups is 1. The number of aromatic nitrogens is 1. The van der Waals surface area contributed by atoms with Crippen LogP contribution in [0.25, 0.3) is 11.5 Å². The van der Waals surface area contributed by atoms with Gasteiger partial charge in [-0.2, -0.15) is 0 Å². The Labute approximate surface area is 177 Å². The van der Waals surface area contributed by atoms with E-state index in [2.05, 4.69) is 20.6 Å². The minimum Gasteiger partial charge on any atom is -0.444 e. The zero-order valence-corrected chi connectivity index (χ0v) is 17.4. The van der Waals surface area contributed by atoms with Gasteiger partial charge >= 0.3 is 0 Å². The first kappa shape index (κ1) is 21.3. The van der Waals surface area contributed by atoms with Crippen molar-refractivity contribution in [3.8, 4) is 11.5 Å². The van der Waals surface area contributed by atoms with Crippen molar-refractivity contribution in [3.63, 3.8) is 0 Å². The highest BCUT2D eigenvalue weighted by Crippen LogP contribution is 2.26. The molecular formula is C20H22ClFN4O2S. The summed E-state index contributed by atoms with van der Waals surface area (Å²) in [6.45, 7) is 3.48. The summed E-state index contributed by atoms with van der Waals surface area (Å²) in [5, 5.41) is 16.6. The van der Waals surface area contributed by atoms with Gasteiger partial charge in [0.15, 0.2) is 5.96 Å². The number of nitrogens with one attached hydrogen (secondary N) is 2. The van der Waals surface area contributed by atoms with E-state index in [0.29, 0.717) is 35.7 Å².